The zero-order valence-corrected chi connectivity index (χ0v) is 30.0. The summed E-state index contributed by atoms with van der Waals surface area (Å²) in [5, 5.41) is 3.51. The first-order valence-corrected chi connectivity index (χ1v) is 17.3. The van der Waals surface area contributed by atoms with Gasteiger partial charge in [-0.2, -0.15) is 0 Å². The Labute approximate surface area is 300 Å². The highest BCUT2D eigenvalue weighted by atomic mass is 79.9. The van der Waals surface area contributed by atoms with Crippen LogP contribution in [0.5, 0.6) is 17.5 Å². The van der Waals surface area contributed by atoms with Crippen LogP contribution in [0.3, 0.4) is 0 Å². The molecule has 0 aromatic carbocycles. The molecule has 6 fully saturated rings. The van der Waals surface area contributed by atoms with E-state index < -0.39 is 0 Å². The SMILES string of the molecule is Brc1ccc(N2CC3CC(C2)N3)nc1.C.COc1ccc(CN2C3CC2CN(c2ccc(Br)cn2)C3)cn1.COc1ccc(OC)nc1. The van der Waals surface area contributed by atoms with Crippen LogP contribution < -0.4 is 29.3 Å². The van der Waals surface area contributed by atoms with E-state index >= 15 is 0 Å². The largest absolute Gasteiger partial charge is 0.495 e. The van der Waals surface area contributed by atoms with Gasteiger partial charge in [0.25, 0.3) is 0 Å². The molecule has 6 aliphatic rings. The number of halogens is 2. The third-order valence-corrected chi connectivity index (χ3v) is 9.80. The molecule has 4 aromatic heterocycles. The molecule has 0 aliphatic carbocycles. The number of pyridine rings is 4. The third kappa shape index (κ3) is 8.93. The van der Waals surface area contributed by atoms with E-state index in [4.69, 9.17) is 14.2 Å². The number of hydrogen-bond acceptors (Lipinski definition) is 11. The van der Waals surface area contributed by atoms with Crippen molar-refractivity contribution < 1.29 is 14.2 Å². The molecule has 256 valence electrons. The van der Waals surface area contributed by atoms with Crippen molar-refractivity contribution in [3.05, 3.63) is 87.8 Å². The second-order valence-electron chi connectivity index (χ2n) is 11.9. The van der Waals surface area contributed by atoms with Crippen LogP contribution in [0.1, 0.15) is 25.8 Å². The summed E-state index contributed by atoms with van der Waals surface area (Å²) in [4.78, 5) is 24.5. The average Bonchev–Trinajstić information content (AvgIpc) is 3.12. The van der Waals surface area contributed by atoms with E-state index in [0.717, 1.165) is 59.1 Å². The van der Waals surface area contributed by atoms with Crippen LogP contribution in [0, 0.1) is 0 Å². The zero-order valence-electron chi connectivity index (χ0n) is 26.8. The fraction of sp³-hybridized carbons (Fsp3) is 0.429. The Morgan fingerprint density at radius 2 is 1.19 bits per heavy atom. The van der Waals surface area contributed by atoms with Gasteiger partial charge in [-0.05, 0) is 80.6 Å². The molecule has 0 radical (unpaired) electrons. The summed E-state index contributed by atoms with van der Waals surface area (Å²) < 4.78 is 16.9. The first-order valence-electron chi connectivity index (χ1n) is 15.7. The van der Waals surface area contributed by atoms with E-state index in [0.29, 0.717) is 35.9 Å². The first-order chi connectivity index (χ1) is 22.9. The maximum Gasteiger partial charge on any atom is 0.213 e. The van der Waals surface area contributed by atoms with E-state index in [1.807, 2.05) is 24.7 Å². The van der Waals surface area contributed by atoms with Gasteiger partial charge in [0.2, 0.25) is 11.8 Å². The minimum atomic E-state index is 0. The summed E-state index contributed by atoms with van der Waals surface area (Å²) in [6.07, 6.45) is 9.89. The minimum absolute atomic E-state index is 0. The minimum Gasteiger partial charge on any atom is -0.495 e. The summed E-state index contributed by atoms with van der Waals surface area (Å²) >= 11 is 6.84. The number of piperidine rings is 2. The highest BCUT2D eigenvalue weighted by Crippen LogP contribution is 2.35. The lowest BCUT2D eigenvalue weighted by Crippen LogP contribution is -2.68. The van der Waals surface area contributed by atoms with Crippen LogP contribution in [-0.2, 0) is 6.54 Å². The molecule has 1 N–H and O–H groups in total. The predicted molar refractivity (Wildman–Crippen MR) is 196 cm³/mol. The monoisotopic (exact) mass is 782 g/mol. The molecule has 11 nitrogen and oxygen atoms in total. The number of nitrogens with one attached hydrogen (secondary N) is 1. The number of anilines is 2. The second-order valence-corrected chi connectivity index (χ2v) is 13.8. The molecule has 6 aliphatic heterocycles. The molecule has 10 rings (SSSR count). The van der Waals surface area contributed by atoms with Gasteiger partial charge in [-0.3, -0.25) is 4.90 Å². The Bertz CT molecular complexity index is 1510. The van der Waals surface area contributed by atoms with Gasteiger partial charge in [0.15, 0.2) is 0 Å². The van der Waals surface area contributed by atoms with Gasteiger partial charge in [-0.1, -0.05) is 13.5 Å². The van der Waals surface area contributed by atoms with Gasteiger partial charge in [0.05, 0.1) is 27.5 Å². The first kappa shape index (κ1) is 35.8. The summed E-state index contributed by atoms with van der Waals surface area (Å²) in [5.41, 5.74) is 1.25. The van der Waals surface area contributed by atoms with Gasteiger partial charge in [-0.15, -0.1) is 0 Å². The normalized spacial score (nSPS) is 21.9. The highest BCUT2D eigenvalue weighted by Gasteiger charge is 2.44. The lowest BCUT2D eigenvalue weighted by atomic mass is 9.87. The molecule has 4 unspecified atom stereocenters. The maximum absolute atomic E-state index is 5.12. The molecule has 4 atom stereocenters. The molecule has 6 saturated heterocycles. The van der Waals surface area contributed by atoms with Crippen molar-refractivity contribution in [2.75, 3.05) is 57.3 Å². The molecule has 0 spiro atoms. The number of rotatable bonds is 7. The van der Waals surface area contributed by atoms with Crippen molar-refractivity contribution >= 4 is 43.5 Å². The second kappa shape index (κ2) is 16.7. The molecule has 48 heavy (non-hydrogen) atoms. The van der Waals surface area contributed by atoms with Crippen molar-refractivity contribution in [3.8, 4) is 17.5 Å². The van der Waals surface area contributed by atoms with Crippen LogP contribution in [-0.4, -0.2) is 96.5 Å². The van der Waals surface area contributed by atoms with Gasteiger partial charge in [-0.25, -0.2) is 19.9 Å². The van der Waals surface area contributed by atoms with Gasteiger partial charge < -0.3 is 29.3 Å². The summed E-state index contributed by atoms with van der Waals surface area (Å²) in [6.45, 7) is 5.27. The van der Waals surface area contributed by atoms with Crippen molar-refractivity contribution in [3.63, 3.8) is 0 Å². The zero-order chi connectivity index (χ0) is 32.8. The third-order valence-electron chi connectivity index (χ3n) is 8.86. The molecule has 13 heteroatoms. The summed E-state index contributed by atoms with van der Waals surface area (Å²) in [5.74, 6) is 4.18. The average molecular weight is 785 g/mol. The Kier molecular flexibility index (Phi) is 12.5. The number of hydrogen-bond donors (Lipinski definition) is 1. The van der Waals surface area contributed by atoms with E-state index in [2.05, 4.69) is 102 Å². The van der Waals surface area contributed by atoms with E-state index in [-0.39, 0.29) is 7.43 Å². The van der Waals surface area contributed by atoms with Crippen molar-refractivity contribution in [2.45, 2.75) is 51.0 Å². The van der Waals surface area contributed by atoms with Gasteiger partial charge in [0.1, 0.15) is 17.4 Å². The number of nitrogens with zero attached hydrogens (tertiary/aromatic N) is 7. The topological polar surface area (TPSA) is 101 Å². The molecule has 4 bridgehead atoms. The Morgan fingerprint density at radius 3 is 1.62 bits per heavy atom. The van der Waals surface area contributed by atoms with Gasteiger partial charge >= 0.3 is 0 Å². The smallest absolute Gasteiger partial charge is 0.213 e. The molecule has 0 amide bonds. The summed E-state index contributed by atoms with van der Waals surface area (Å²) in [7, 11) is 4.82. The van der Waals surface area contributed by atoms with Crippen LogP contribution in [0.4, 0.5) is 11.6 Å². The fourth-order valence-corrected chi connectivity index (χ4v) is 6.86. The number of methoxy groups -OCH3 is 3. The van der Waals surface area contributed by atoms with Crippen molar-refractivity contribution in [1.29, 1.82) is 0 Å². The Balaban J connectivity index is 0.000000154. The molecular formula is C35H44Br2N8O3. The van der Waals surface area contributed by atoms with E-state index in [1.165, 1.54) is 18.4 Å². The van der Waals surface area contributed by atoms with Gasteiger partial charge in [0, 0.05) is 96.6 Å². The summed E-state index contributed by atoms with van der Waals surface area (Å²) in [6, 6.07) is 18.5. The predicted octanol–water partition coefficient (Wildman–Crippen LogP) is 5.84. The molecule has 10 heterocycles. The maximum atomic E-state index is 5.12. The standard InChI is InChI=1S/C17H19BrN4O.C10H12BrN3.C7H9NO2.CH4/c1-23-17-5-2-12(7-20-17)9-22-14-6-15(22)11-21(10-14)16-4-3-13(18)8-19-16;11-7-1-2-10(12-4-7)14-5-8-3-9(6-14)13-8;1-9-6-3-4-7(10-2)8-5-6;/h2-5,7-8,14-15H,6,9-11H2,1H3;1-2,4,8-9,13H,3,5-6H2;3-5H,1-2H3;1H4. The van der Waals surface area contributed by atoms with Crippen LogP contribution in [0.15, 0.2) is 82.3 Å². The number of ether oxygens (including phenoxy) is 3. The van der Waals surface area contributed by atoms with Crippen LogP contribution >= 0.6 is 31.9 Å². The van der Waals surface area contributed by atoms with Crippen LogP contribution in [0.25, 0.3) is 0 Å². The molecular weight excluding hydrogens is 740 g/mol. The Morgan fingerprint density at radius 1 is 0.646 bits per heavy atom. The lowest BCUT2D eigenvalue weighted by molar-refractivity contribution is -0.00877. The van der Waals surface area contributed by atoms with Crippen molar-refractivity contribution in [1.82, 2.24) is 30.2 Å². The molecule has 0 saturated carbocycles. The van der Waals surface area contributed by atoms with E-state index in [9.17, 15) is 0 Å². The Hall–Kier alpha value is -3.52. The quantitative estimate of drug-likeness (QED) is 0.245. The highest BCUT2D eigenvalue weighted by molar-refractivity contribution is 9.10. The van der Waals surface area contributed by atoms with Crippen LogP contribution in [0.2, 0.25) is 0 Å². The number of piperazine rings is 2. The fourth-order valence-electron chi connectivity index (χ4n) is 6.39. The number of aromatic nitrogens is 4. The number of fused-ring (bicyclic) bond motifs is 4. The van der Waals surface area contributed by atoms with Crippen molar-refractivity contribution in [2.24, 2.45) is 0 Å². The van der Waals surface area contributed by atoms with E-state index in [1.54, 1.807) is 39.7 Å². The molecule has 4 aromatic rings. The lowest BCUT2D eigenvalue weighted by Gasteiger charge is -2.56.